The van der Waals surface area contributed by atoms with E-state index in [1.54, 1.807) is 11.0 Å². The Bertz CT molecular complexity index is 320. The van der Waals surface area contributed by atoms with Crippen molar-refractivity contribution in [2.24, 2.45) is 5.92 Å². The van der Waals surface area contributed by atoms with Crippen LogP contribution in [0.3, 0.4) is 0 Å². The first kappa shape index (κ1) is 15.5. The van der Waals surface area contributed by atoms with E-state index in [0.29, 0.717) is 32.8 Å². The Kier molecular flexibility index (Phi) is 6.95. The number of carboxylic acids is 1. The molecule has 6 nitrogen and oxygen atoms in total. The number of carbonyl (C=O) groups is 2. The van der Waals surface area contributed by atoms with Crippen LogP contribution in [0, 0.1) is 5.92 Å². The first-order valence-electron chi connectivity index (χ1n) is 6.56. The van der Waals surface area contributed by atoms with E-state index in [0.717, 1.165) is 12.8 Å². The van der Waals surface area contributed by atoms with Crippen LogP contribution in [0.1, 0.15) is 19.3 Å². The minimum atomic E-state index is -0.803. The van der Waals surface area contributed by atoms with Crippen molar-refractivity contribution in [3.05, 3.63) is 12.7 Å². The number of aliphatic carboxylic acids is 1. The molecule has 1 aliphatic heterocycles. The van der Waals surface area contributed by atoms with E-state index in [2.05, 4.69) is 11.9 Å². The molecule has 0 aromatic heterocycles. The summed E-state index contributed by atoms with van der Waals surface area (Å²) in [5.74, 6) is -0.727. The van der Waals surface area contributed by atoms with Gasteiger partial charge in [-0.25, -0.2) is 4.79 Å². The summed E-state index contributed by atoms with van der Waals surface area (Å²) in [7, 11) is 0. The van der Waals surface area contributed by atoms with Crippen molar-refractivity contribution in [3.8, 4) is 0 Å². The topological polar surface area (TPSA) is 78.9 Å². The summed E-state index contributed by atoms with van der Waals surface area (Å²) in [6.07, 6.45) is 3.48. The highest BCUT2D eigenvalue weighted by Crippen LogP contribution is 2.19. The highest BCUT2D eigenvalue weighted by Gasteiger charge is 2.27. The molecule has 1 fully saturated rings. The molecule has 1 atom stereocenters. The number of amides is 2. The second kappa shape index (κ2) is 8.53. The van der Waals surface area contributed by atoms with Crippen LogP contribution in [-0.2, 0) is 9.53 Å². The zero-order valence-corrected chi connectivity index (χ0v) is 11.1. The third-order valence-corrected chi connectivity index (χ3v) is 3.03. The van der Waals surface area contributed by atoms with Crippen LogP contribution in [0.4, 0.5) is 4.79 Å². The second-order valence-corrected chi connectivity index (χ2v) is 4.62. The van der Waals surface area contributed by atoms with Crippen LogP contribution in [0.25, 0.3) is 0 Å². The Morgan fingerprint density at radius 3 is 2.95 bits per heavy atom. The molecule has 0 spiro atoms. The predicted octanol–water partition coefficient (Wildman–Crippen LogP) is 1.09. The summed E-state index contributed by atoms with van der Waals surface area (Å²) in [6.45, 7) is 6.30. The fourth-order valence-electron chi connectivity index (χ4n) is 2.04. The lowest BCUT2D eigenvalue weighted by molar-refractivity contribution is -0.138. The van der Waals surface area contributed by atoms with Crippen LogP contribution >= 0.6 is 0 Å². The number of hydrogen-bond acceptors (Lipinski definition) is 3. The monoisotopic (exact) mass is 270 g/mol. The Balaban J connectivity index is 2.10. The molecule has 0 saturated carbocycles. The van der Waals surface area contributed by atoms with E-state index in [9.17, 15) is 9.59 Å². The minimum absolute atomic E-state index is 0.0760. The van der Waals surface area contributed by atoms with Crippen LogP contribution in [-0.4, -0.2) is 54.9 Å². The van der Waals surface area contributed by atoms with Gasteiger partial charge in [-0.1, -0.05) is 6.08 Å². The summed E-state index contributed by atoms with van der Waals surface area (Å²) >= 11 is 0. The molecular formula is C13H22N2O4. The summed E-state index contributed by atoms with van der Waals surface area (Å²) in [5, 5.41) is 11.5. The average Bonchev–Trinajstić information content (AvgIpc) is 2.81. The van der Waals surface area contributed by atoms with Gasteiger partial charge in [0.1, 0.15) is 0 Å². The van der Waals surface area contributed by atoms with Gasteiger partial charge in [0.25, 0.3) is 0 Å². The molecule has 19 heavy (non-hydrogen) atoms. The molecule has 1 saturated heterocycles. The van der Waals surface area contributed by atoms with Gasteiger partial charge in [-0.2, -0.15) is 0 Å². The third-order valence-electron chi connectivity index (χ3n) is 3.03. The smallest absolute Gasteiger partial charge is 0.317 e. The quantitative estimate of drug-likeness (QED) is 0.511. The van der Waals surface area contributed by atoms with Crippen molar-refractivity contribution < 1.29 is 19.4 Å². The van der Waals surface area contributed by atoms with Gasteiger partial charge in [-0.15, -0.1) is 6.58 Å². The Labute approximate surface area is 113 Å². The first-order chi connectivity index (χ1) is 9.13. The van der Waals surface area contributed by atoms with Crippen molar-refractivity contribution in [1.82, 2.24) is 10.2 Å². The summed E-state index contributed by atoms with van der Waals surface area (Å²) in [6, 6.07) is -0.139. The van der Waals surface area contributed by atoms with E-state index in [1.807, 2.05) is 0 Å². The molecule has 2 N–H and O–H groups in total. The Morgan fingerprint density at radius 2 is 2.26 bits per heavy atom. The molecular weight excluding hydrogens is 248 g/mol. The molecule has 0 bridgehead atoms. The van der Waals surface area contributed by atoms with E-state index in [4.69, 9.17) is 9.84 Å². The molecule has 1 rings (SSSR count). The standard InChI is InChI=1S/C13H22N2O4/c1-2-3-7-19-8-5-14-13(18)15-6-4-11(10-15)9-12(16)17/h2,11H,1,3-10H2,(H,14,18)(H,16,17). The van der Waals surface area contributed by atoms with Gasteiger partial charge in [0.15, 0.2) is 0 Å². The van der Waals surface area contributed by atoms with Crippen molar-refractivity contribution in [2.75, 3.05) is 32.8 Å². The molecule has 0 aliphatic carbocycles. The van der Waals surface area contributed by atoms with E-state index >= 15 is 0 Å². The Morgan fingerprint density at radius 1 is 1.47 bits per heavy atom. The number of nitrogens with zero attached hydrogens (tertiary/aromatic N) is 1. The maximum atomic E-state index is 11.8. The highest BCUT2D eigenvalue weighted by molar-refractivity contribution is 5.74. The van der Waals surface area contributed by atoms with Crippen LogP contribution in [0.5, 0.6) is 0 Å². The number of hydrogen-bond donors (Lipinski definition) is 2. The number of likely N-dealkylation sites (tertiary alicyclic amines) is 1. The largest absolute Gasteiger partial charge is 0.481 e. The maximum absolute atomic E-state index is 11.8. The van der Waals surface area contributed by atoms with Gasteiger partial charge in [0.2, 0.25) is 0 Å². The van der Waals surface area contributed by atoms with Crippen molar-refractivity contribution in [2.45, 2.75) is 19.3 Å². The first-order valence-corrected chi connectivity index (χ1v) is 6.56. The lowest BCUT2D eigenvalue weighted by Gasteiger charge is -2.17. The number of ether oxygens (including phenoxy) is 1. The molecule has 1 heterocycles. The maximum Gasteiger partial charge on any atom is 0.317 e. The number of rotatable bonds is 8. The molecule has 6 heteroatoms. The lowest BCUT2D eigenvalue weighted by atomic mass is 10.1. The van der Waals surface area contributed by atoms with Gasteiger partial charge in [0, 0.05) is 26.1 Å². The number of carbonyl (C=O) groups excluding carboxylic acids is 1. The van der Waals surface area contributed by atoms with Gasteiger partial charge >= 0.3 is 12.0 Å². The van der Waals surface area contributed by atoms with Gasteiger partial charge < -0.3 is 20.1 Å². The number of nitrogens with one attached hydrogen (secondary N) is 1. The van der Waals surface area contributed by atoms with Crippen LogP contribution in [0.15, 0.2) is 12.7 Å². The number of urea groups is 1. The Hall–Kier alpha value is -1.56. The SMILES string of the molecule is C=CCCOCCNC(=O)N1CCC(CC(=O)O)C1. The zero-order chi connectivity index (χ0) is 14.1. The summed E-state index contributed by atoms with van der Waals surface area (Å²) in [4.78, 5) is 24.0. The van der Waals surface area contributed by atoms with Gasteiger partial charge in [0.05, 0.1) is 13.2 Å². The fourth-order valence-corrected chi connectivity index (χ4v) is 2.04. The summed E-state index contributed by atoms with van der Waals surface area (Å²) in [5.41, 5.74) is 0. The fraction of sp³-hybridized carbons (Fsp3) is 0.692. The molecule has 1 unspecified atom stereocenters. The second-order valence-electron chi connectivity index (χ2n) is 4.62. The normalized spacial score (nSPS) is 18.3. The van der Waals surface area contributed by atoms with Gasteiger partial charge in [-0.05, 0) is 18.8 Å². The molecule has 0 radical (unpaired) electrons. The van der Waals surface area contributed by atoms with E-state index in [-0.39, 0.29) is 18.4 Å². The predicted molar refractivity (Wildman–Crippen MR) is 71.0 cm³/mol. The molecule has 2 amide bonds. The molecule has 108 valence electrons. The zero-order valence-electron chi connectivity index (χ0n) is 11.1. The highest BCUT2D eigenvalue weighted by atomic mass is 16.5. The number of carboxylic acid groups (broad SMARTS) is 1. The van der Waals surface area contributed by atoms with Crippen molar-refractivity contribution in [3.63, 3.8) is 0 Å². The third kappa shape index (κ3) is 6.24. The van der Waals surface area contributed by atoms with E-state index in [1.165, 1.54) is 0 Å². The average molecular weight is 270 g/mol. The van der Waals surface area contributed by atoms with Crippen LogP contribution < -0.4 is 5.32 Å². The minimum Gasteiger partial charge on any atom is -0.481 e. The van der Waals surface area contributed by atoms with E-state index < -0.39 is 5.97 Å². The molecule has 1 aliphatic rings. The van der Waals surface area contributed by atoms with Crippen LogP contribution in [0.2, 0.25) is 0 Å². The van der Waals surface area contributed by atoms with Crippen molar-refractivity contribution in [1.29, 1.82) is 0 Å². The summed E-state index contributed by atoms with van der Waals surface area (Å²) < 4.78 is 5.28. The van der Waals surface area contributed by atoms with Crippen molar-refractivity contribution >= 4 is 12.0 Å². The lowest BCUT2D eigenvalue weighted by Crippen LogP contribution is -2.40. The molecule has 0 aromatic rings. The van der Waals surface area contributed by atoms with Gasteiger partial charge in [-0.3, -0.25) is 4.79 Å². The molecule has 0 aromatic carbocycles.